The van der Waals surface area contributed by atoms with Crippen LogP contribution in [0.3, 0.4) is 0 Å². The smallest absolute Gasteiger partial charge is 0.239 e. The summed E-state index contributed by atoms with van der Waals surface area (Å²) in [6.45, 7) is 7.70. The van der Waals surface area contributed by atoms with Crippen molar-refractivity contribution in [1.29, 1.82) is 0 Å². The van der Waals surface area contributed by atoms with Crippen molar-refractivity contribution in [2.24, 2.45) is 0 Å². The molecule has 1 saturated heterocycles. The van der Waals surface area contributed by atoms with Gasteiger partial charge in [0.2, 0.25) is 11.8 Å². The van der Waals surface area contributed by atoms with Gasteiger partial charge in [-0.15, -0.1) is 0 Å². The van der Waals surface area contributed by atoms with E-state index in [4.69, 9.17) is 9.05 Å². The summed E-state index contributed by atoms with van der Waals surface area (Å²) in [4.78, 5) is 28.3. The lowest BCUT2D eigenvalue weighted by Crippen LogP contribution is -2.49. The normalized spacial score (nSPS) is 15.6. The van der Waals surface area contributed by atoms with Crippen molar-refractivity contribution in [3.05, 3.63) is 23.7 Å². The van der Waals surface area contributed by atoms with Crippen LogP contribution in [0.1, 0.15) is 17.9 Å². The van der Waals surface area contributed by atoms with Crippen LogP contribution in [-0.2, 0) is 9.59 Å². The van der Waals surface area contributed by atoms with Gasteiger partial charge in [0.1, 0.15) is 11.5 Å². The van der Waals surface area contributed by atoms with Crippen LogP contribution in [0.4, 0.5) is 11.6 Å². The van der Waals surface area contributed by atoms with Gasteiger partial charge in [-0.05, 0) is 13.8 Å². The van der Waals surface area contributed by atoms with Crippen LogP contribution in [-0.4, -0.2) is 71.2 Å². The molecule has 1 fully saturated rings. The zero-order chi connectivity index (χ0) is 19.2. The quantitative estimate of drug-likeness (QED) is 0.731. The number of amides is 2. The number of aromatic nitrogens is 2. The first-order chi connectivity index (χ1) is 13.0. The second-order valence-corrected chi connectivity index (χ2v) is 6.61. The van der Waals surface area contributed by atoms with E-state index in [1.165, 1.54) is 0 Å². The second kappa shape index (κ2) is 8.78. The summed E-state index contributed by atoms with van der Waals surface area (Å²) in [5.74, 6) is 1.98. The van der Waals surface area contributed by atoms with Gasteiger partial charge in [0.25, 0.3) is 0 Å². The molecule has 0 unspecified atom stereocenters. The van der Waals surface area contributed by atoms with Crippen LogP contribution in [0.5, 0.6) is 0 Å². The predicted octanol–water partition coefficient (Wildman–Crippen LogP) is 0.864. The van der Waals surface area contributed by atoms with Gasteiger partial charge in [-0.3, -0.25) is 14.5 Å². The van der Waals surface area contributed by atoms with Gasteiger partial charge in [-0.1, -0.05) is 10.3 Å². The Morgan fingerprint density at radius 2 is 1.44 bits per heavy atom. The number of anilines is 2. The Kier molecular flexibility index (Phi) is 6.20. The van der Waals surface area contributed by atoms with Crippen molar-refractivity contribution < 1.29 is 18.6 Å². The molecule has 2 aromatic rings. The first-order valence-electron chi connectivity index (χ1n) is 8.89. The largest absolute Gasteiger partial charge is 0.360 e. The molecule has 2 aromatic heterocycles. The molecule has 3 heterocycles. The number of aryl methyl sites for hydroxylation is 2. The first kappa shape index (κ1) is 19.1. The number of nitrogens with zero attached hydrogens (tertiary/aromatic N) is 4. The Labute approximate surface area is 156 Å². The summed E-state index contributed by atoms with van der Waals surface area (Å²) in [5, 5.41) is 12.9. The highest BCUT2D eigenvalue weighted by Gasteiger charge is 2.20. The van der Waals surface area contributed by atoms with Crippen LogP contribution < -0.4 is 10.6 Å². The fourth-order valence-electron chi connectivity index (χ4n) is 2.87. The van der Waals surface area contributed by atoms with E-state index < -0.39 is 0 Å². The Hall–Kier alpha value is -2.72. The van der Waals surface area contributed by atoms with Gasteiger partial charge in [-0.25, -0.2) is 0 Å². The lowest BCUT2D eigenvalue weighted by atomic mass is 10.2. The molecule has 2 N–H and O–H groups in total. The van der Waals surface area contributed by atoms with Gasteiger partial charge >= 0.3 is 0 Å². The minimum Gasteiger partial charge on any atom is -0.360 e. The van der Waals surface area contributed by atoms with Crippen LogP contribution in [0.2, 0.25) is 0 Å². The average molecular weight is 376 g/mol. The SMILES string of the molecule is Cc1cc(NC(=O)CCN2CCN(CC(=O)Nc3cc(C)on3)CC2)no1. The van der Waals surface area contributed by atoms with E-state index >= 15 is 0 Å². The summed E-state index contributed by atoms with van der Waals surface area (Å²) >= 11 is 0. The van der Waals surface area contributed by atoms with E-state index in [-0.39, 0.29) is 11.8 Å². The number of piperazine rings is 1. The minimum absolute atomic E-state index is 0.0898. The molecule has 0 aliphatic carbocycles. The van der Waals surface area contributed by atoms with Gasteiger partial charge in [0.05, 0.1) is 6.54 Å². The van der Waals surface area contributed by atoms with Crippen LogP contribution in [0.15, 0.2) is 21.2 Å². The number of nitrogens with one attached hydrogen (secondary N) is 2. The Morgan fingerprint density at radius 1 is 0.926 bits per heavy atom. The van der Waals surface area contributed by atoms with Crippen molar-refractivity contribution in [3.63, 3.8) is 0 Å². The molecule has 10 nitrogen and oxygen atoms in total. The molecule has 27 heavy (non-hydrogen) atoms. The molecule has 3 rings (SSSR count). The molecule has 1 aliphatic rings. The first-order valence-corrected chi connectivity index (χ1v) is 8.89. The molecule has 0 bridgehead atoms. The third-order valence-electron chi connectivity index (χ3n) is 4.28. The van der Waals surface area contributed by atoms with Crippen LogP contribution in [0.25, 0.3) is 0 Å². The van der Waals surface area contributed by atoms with E-state index in [2.05, 4.69) is 30.7 Å². The summed E-state index contributed by atoms with van der Waals surface area (Å²) < 4.78 is 9.85. The summed E-state index contributed by atoms with van der Waals surface area (Å²) in [5.41, 5.74) is 0. The third-order valence-corrected chi connectivity index (χ3v) is 4.28. The minimum atomic E-state index is -0.112. The van der Waals surface area contributed by atoms with Crippen molar-refractivity contribution in [2.75, 3.05) is 49.9 Å². The lowest BCUT2D eigenvalue weighted by molar-refractivity contribution is -0.117. The van der Waals surface area contributed by atoms with E-state index in [0.717, 1.165) is 26.2 Å². The summed E-state index contributed by atoms with van der Waals surface area (Å²) in [7, 11) is 0. The highest BCUT2D eigenvalue weighted by molar-refractivity contribution is 5.91. The highest BCUT2D eigenvalue weighted by Crippen LogP contribution is 2.09. The number of carbonyl (C=O) groups is 2. The molecule has 0 radical (unpaired) electrons. The maximum Gasteiger partial charge on any atom is 0.239 e. The van der Waals surface area contributed by atoms with E-state index in [1.807, 2.05) is 0 Å². The van der Waals surface area contributed by atoms with Crippen molar-refractivity contribution in [2.45, 2.75) is 20.3 Å². The van der Waals surface area contributed by atoms with E-state index in [1.54, 1.807) is 26.0 Å². The maximum atomic E-state index is 12.0. The van der Waals surface area contributed by atoms with Crippen molar-refractivity contribution in [1.82, 2.24) is 20.1 Å². The Balaban J connectivity index is 1.32. The Bertz CT molecular complexity index is 778. The topological polar surface area (TPSA) is 117 Å². The predicted molar refractivity (Wildman–Crippen MR) is 97.2 cm³/mol. The van der Waals surface area contributed by atoms with Gasteiger partial charge in [0, 0.05) is 51.3 Å². The number of carbonyl (C=O) groups excluding carboxylic acids is 2. The monoisotopic (exact) mass is 376 g/mol. The summed E-state index contributed by atoms with van der Waals surface area (Å²) in [6.07, 6.45) is 0.387. The fourth-order valence-corrected chi connectivity index (χ4v) is 2.87. The lowest BCUT2D eigenvalue weighted by Gasteiger charge is -2.34. The number of hydrogen-bond donors (Lipinski definition) is 2. The molecule has 146 valence electrons. The molecule has 0 spiro atoms. The molecule has 0 saturated carbocycles. The highest BCUT2D eigenvalue weighted by atomic mass is 16.5. The average Bonchev–Trinajstić information content (AvgIpc) is 3.22. The molecule has 0 aromatic carbocycles. The third kappa shape index (κ3) is 5.90. The molecule has 0 atom stereocenters. The molecular weight excluding hydrogens is 352 g/mol. The Morgan fingerprint density at radius 3 is 1.96 bits per heavy atom. The van der Waals surface area contributed by atoms with Crippen molar-refractivity contribution in [3.8, 4) is 0 Å². The maximum absolute atomic E-state index is 12.0. The molecule has 10 heteroatoms. The van der Waals surface area contributed by atoms with Crippen LogP contribution >= 0.6 is 0 Å². The molecular formula is C17H24N6O4. The van der Waals surface area contributed by atoms with E-state index in [0.29, 0.717) is 42.7 Å². The standard InChI is InChI=1S/C17H24N6O4/c1-12-9-14(20-26-12)18-16(24)3-4-22-5-7-23(8-6-22)11-17(25)19-15-10-13(2)27-21-15/h9-10H,3-8,11H2,1-2H3,(H,18,20,24)(H,19,21,25). The van der Waals surface area contributed by atoms with Gasteiger partial charge < -0.3 is 24.6 Å². The molecule has 2 amide bonds. The zero-order valence-electron chi connectivity index (χ0n) is 15.5. The second-order valence-electron chi connectivity index (χ2n) is 6.61. The van der Waals surface area contributed by atoms with Gasteiger partial charge in [-0.2, -0.15) is 0 Å². The number of rotatable bonds is 7. The number of hydrogen-bond acceptors (Lipinski definition) is 8. The van der Waals surface area contributed by atoms with Crippen LogP contribution in [0, 0.1) is 13.8 Å². The zero-order valence-corrected chi connectivity index (χ0v) is 15.5. The fraction of sp³-hybridized carbons (Fsp3) is 0.529. The summed E-state index contributed by atoms with van der Waals surface area (Å²) in [6, 6.07) is 3.36. The van der Waals surface area contributed by atoms with Crippen molar-refractivity contribution >= 4 is 23.5 Å². The van der Waals surface area contributed by atoms with Gasteiger partial charge in [0.15, 0.2) is 11.6 Å². The molecule has 1 aliphatic heterocycles. The van der Waals surface area contributed by atoms with E-state index in [9.17, 15) is 9.59 Å².